The highest BCUT2D eigenvalue weighted by molar-refractivity contribution is 14.1. The van der Waals surface area contributed by atoms with Crippen LogP contribution >= 0.6 is 33.9 Å². The van der Waals surface area contributed by atoms with Crippen molar-refractivity contribution >= 4 is 33.9 Å². The Bertz CT molecular complexity index is 464. The Kier molecular flexibility index (Phi) is 3.99. The molecule has 0 spiro atoms. The Labute approximate surface area is 112 Å². The van der Waals surface area contributed by atoms with Crippen molar-refractivity contribution in [1.82, 2.24) is 10.3 Å². The van der Waals surface area contributed by atoms with E-state index in [4.69, 9.17) is 4.42 Å². The van der Waals surface area contributed by atoms with Gasteiger partial charge in [0.25, 0.3) is 0 Å². The zero-order valence-electron chi connectivity index (χ0n) is 9.16. The first kappa shape index (κ1) is 12.1. The van der Waals surface area contributed by atoms with Gasteiger partial charge in [-0.15, -0.1) is 11.3 Å². The maximum absolute atomic E-state index is 5.45. The number of nitrogens with one attached hydrogen (secondary N) is 1. The lowest BCUT2D eigenvalue weighted by molar-refractivity contribution is 0.560. The number of halogens is 1. The Morgan fingerprint density at radius 3 is 3.00 bits per heavy atom. The van der Waals surface area contributed by atoms with Crippen molar-refractivity contribution in [3.05, 3.63) is 26.3 Å². The lowest BCUT2D eigenvalue weighted by Crippen LogP contribution is -2.21. The summed E-state index contributed by atoms with van der Waals surface area (Å²) in [6.45, 7) is 4.98. The first-order valence-corrected chi connectivity index (χ1v) is 7.03. The lowest BCUT2D eigenvalue weighted by atomic mass is 10.3. The molecule has 1 N–H and O–H groups in total. The molecule has 0 aromatic carbocycles. The van der Waals surface area contributed by atoms with E-state index in [9.17, 15) is 0 Å². The predicted octanol–water partition coefficient (Wildman–Crippen LogP) is 3.51. The molecule has 0 unspecified atom stereocenters. The molecule has 5 heteroatoms. The molecule has 0 amide bonds. The summed E-state index contributed by atoms with van der Waals surface area (Å²) in [5, 5.41) is 5.37. The molecule has 0 radical (unpaired) electrons. The Morgan fingerprint density at radius 1 is 1.56 bits per heavy atom. The quantitative estimate of drug-likeness (QED) is 0.860. The fraction of sp³-hybridized carbons (Fsp3) is 0.364. The molecule has 0 bridgehead atoms. The summed E-state index contributed by atoms with van der Waals surface area (Å²) in [6.07, 6.45) is 1.72. The van der Waals surface area contributed by atoms with Crippen molar-refractivity contribution in [2.45, 2.75) is 26.4 Å². The minimum absolute atomic E-state index is 0.460. The molecule has 0 aliphatic carbocycles. The van der Waals surface area contributed by atoms with E-state index < -0.39 is 0 Å². The van der Waals surface area contributed by atoms with Crippen molar-refractivity contribution in [3.8, 4) is 11.5 Å². The Hall–Kier alpha value is -0.400. The molecule has 16 heavy (non-hydrogen) atoms. The van der Waals surface area contributed by atoms with Crippen LogP contribution in [0.5, 0.6) is 0 Å². The fourth-order valence-corrected chi connectivity index (χ4v) is 2.57. The highest BCUT2D eigenvalue weighted by atomic mass is 127. The maximum atomic E-state index is 5.45. The topological polar surface area (TPSA) is 38.1 Å². The molecule has 2 heterocycles. The molecule has 2 aromatic rings. The third kappa shape index (κ3) is 3.05. The van der Waals surface area contributed by atoms with Crippen LogP contribution in [-0.4, -0.2) is 11.0 Å². The van der Waals surface area contributed by atoms with E-state index in [-0.39, 0.29) is 0 Å². The number of hydrogen-bond acceptors (Lipinski definition) is 4. The van der Waals surface area contributed by atoms with Gasteiger partial charge in [0.05, 0.1) is 8.58 Å². The summed E-state index contributed by atoms with van der Waals surface area (Å²) in [4.78, 5) is 4.44. The van der Waals surface area contributed by atoms with Crippen LogP contribution in [0, 0.1) is 2.88 Å². The highest BCUT2D eigenvalue weighted by Crippen LogP contribution is 2.25. The first-order chi connectivity index (χ1) is 7.65. The van der Waals surface area contributed by atoms with Gasteiger partial charge in [-0.3, -0.25) is 0 Å². The number of oxazole rings is 1. The van der Waals surface area contributed by atoms with Crippen molar-refractivity contribution in [1.29, 1.82) is 0 Å². The number of aromatic nitrogens is 1. The zero-order chi connectivity index (χ0) is 11.5. The molecule has 86 valence electrons. The molecule has 0 fully saturated rings. The van der Waals surface area contributed by atoms with Crippen LogP contribution in [0.25, 0.3) is 11.5 Å². The first-order valence-electron chi connectivity index (χ1n) is 5.07. The average Bonchev–Trinajstić information content (AvgIpc) is 2.83. The van der Waals surface area contributed by atoms with Gasteiger partial charge in [0.15, 0.2) is 0 Å². The standard InChI is InChI=1S/C11H13IN2OS/c1-7(2)13-4-9-5-15-11(14-9)8-3-10(12)16-6-8/h3,5-7,13H,4H2,1-2H3. The van der Waals surface area contributed by atoms with E-state index in [0.29, 0.717) is 11.9 Å². The number of rotatable bonds is 4. The van der Waals surface area contributed by atoms with E-state index in [0.717, 1.165) is 17.8 Å². The maximum Gasteiger partial charge on any atom is 0.227 e. The van der Waals surface area contributed by atoms with E-state index in [1.165, 1.54) is 2.88 Å². The van der Waals surface area contributed by atoms with E-state index in [2.05, 4.69) is 58.2 Å². The summed E-state index contributed by atoms with van der Waals surface area (Å²) in [7, 11) is 0. The summed E-state index contributed by atoms with van der Waals surface area (Å²) in [5.41, 5.74) is 2.01. The smallest absolute Gasteiger partial charge is 0.227 e. The Morgan fingerprint density at radius 2 is 2.38 bits per heavy atom. The van der Waals surface area contributed by atoms with Gasteiger partial charge in [0.1, 0.15) is 6.26 Å². The van der Waals surface area contributed by atoms with Gasteiger partial charge >= 0.3 is 0 Å². The van der Waals surface area contributed by atoms with E-state index >= 15 is 0 Å². The molecule has 0 saturated heterocycles. The minimum Gasteiger partial charge on any atom is -0.444 e. The fourth-order valence-electron chi connectivity index (χ4n) is 1.25. The second-order valence-electron chi connectivity index (χ2n) is 3.82. The molecule has 2 rings (SSSR count). The third-order valence-corrected chi connectivity index (χ3v) is 3.85. The van der Waals surface area contributed by atoms with Gasteiger partial charge in [-0.05, 0) is 28.7 Å². The summed E-state index contributed by atoms with van der Waals surface area (Å²) >= 11 is 3.99. The minimum atomic E-state index is 0.460. The summed E-state index contributed by atoms with van der Waals surface area (Å²) < 4.78 is 6.69. The van der Waals surface area contributed by atoms with Crippen LogP contribution in [0.4, 0.5) is 0 Å². The molecule has 2 aromatic heterocycles. The van der Waals surface area contributed by atoms with Gasteiger partial charge < -0.3 is 9.73 Å². The van der Waals surface area contributed by atoms with Crippen LogP contribution in [0.1, 0.15) is 19.5 Å². The van der Waals surface area contributed by atoms with Crippen LogP contribution < -0.4 is 5.32 Å². The molecular weight excluding hydrogens is 335 g/mol. The normalized spacial score (nSPS) is 11.2. The molecule has 0 aliphatic rings. The van der Waals surface area contributed by atoms with Crippen molar-refractivity contribution in [2.75, 3.05) is 0 Å². The van der Waals surface area contributed by atoms with Crippen molar-refractivity contribution in [3.63, 3.8) is 0 Å². The van der Waals surface area contributed by atoms with Crippen molar-refractivity contribution in [2.24, 2.45) is 0 Å². The van der Waals surface area contributed by atoms with Gasteiger partial charge in [-0.1, -0.05) is 13.8 Å². The van der Waals surface area contributed by atoms with Gasteiger partial charge in [0, 0.05) is 23.5 Å². The SMILES string of the molecule is CC(C)NCc1coc(-c2csc(I)c2)n1. The zero-order valence-corrected chi connectivity index (χ0v) is 12.1. The van der Waals surface area contributed by atoms with Gasteiger partial charge in [-0.25, -0.2) is 4.98 Å². The largest absolute Gasteiger partial charge is 0.444 e. The monoisotopic (exact) mass is 348 g/mol. The second-order valence-corrected chi connectivity index (χ2v) is 6.62. The van der Waals surface area contributed by atoms with Crippen molar-refractivity contribution < 1.29 is 4.42 Å². The molecule has 0 saturated carbocycles. The second kappa shape index (κ2) is 5.29. The summed E-state index contributed by atoms with van der Waals surface area (Å²) in [5.74, 6) is 0.708. The third-order valence-electron chi connectivity index (χ3n) is 2.06. The lowest BCUT2D eigenvalue weighted by Gasteiger charge is -2.03. The van der Waals surface area contributed by atoms with Crippen LogP contribution in [-0.2, 0) is 6.54 Å². The van der Waals surface area contributed by atoms with Crippen LogP contribution in [0.15, 0.2) is 22.1 Å². The van der Waals surface area contributed by atoms with Crippen LogP contribution in [0.2, 0.25) is 0 Å². The van der Waals surface area contributed by atoms with Crippen LogP contribution in [0.3, 0.4) is 0 Å². The molecule has 3 nitrogen and oxygen atoms in total. The summed E-state index contributed by atoms with van der Waals surface area (Å²) in [6, 6.07) is 2.54. The Balaban J connectivity index is 2.07. The van der Waals surface area contributed by atoms with Gasteiger partial charge in [-0.2, -0.15) is 0 Å². The molecule has 0 atom stereocenters. The predicted molar refractivity (Wildman–Crippen MR) is 74.5 cm³/mol. The van der Waals surface area contributed by atoms with E-state index in [1.54, 1.807) is 17.6 Å². The highest BCUT2D eigenvalue weighted by Gasteiger charge is 2.08. The average molecular weight is 348 g/mol. The van der Waals surface area contributed by atoms with E-state index in [1.807, 2.05) is 0 Å². The number of thiophene rings is 1. The number of nitrogens with zero attached hydrogens (tertiary/aromatic N) is 1. The van der Waals surface area contributed by atoms with Gasteiger partial charge in [0.2, 0.25) is 5.89 Å². The molecular formula is C11H13IN2OS. The number of hydrogen-bond donors (Lipinski definition) is 1. The molecule has 0 aliphatic heterocycles.